The molecule has 1 aromatic carbocycles. The largest absolute Gasteiger partial charge is 0.478 e. The molecule has 0 bridgehead atoms. The van der Waals surface area contributed by atoms with Crippen molar-refractivity contribution in [3.63, 3.8) is 0 Å². The van der Waals surface area contributed by atoms with Crippen molar-refractivity contribution in [3.05, 3.63) is 46.0 Å². The van der Waals surface area contributed by atoms with Gasteiger partial charge in [-0.1, -0.05) is 25.6 Å². The zero-order valence-corrected chi connectivity index (χ0v) is 8.77. The van der Waals surface area contributed by atoms with Crippen molar-refractivity contribution >= 4 is 17.2 Å². The first-order valence-electron chi connectivity index (χ1n) is 4.67. The highest BCUT2D eigenvalue weighted by molar-refractivity contribution is 6.15. The number of nitrogens with zero attached hydrogens (tertiary/aromatic N) is 1. The van der Waals surface area contributed by atoms with E-state index in [2.05, 4.69) is 6.58 Å². The second-order valence-electron chi connectivity index (χ2n) is 3.20. The molecular weight excluding hydrogens is 210 g/mol. The average Bonchev–Trinajstić information content (AvgIpc) is 2.26. The minimum Gasteiger partial charge on any atom is -0.478 e. The Bertz CT molecular complexity index is 465. The zero-order valence-electron chi connectivity index (χ0n) is 8.77. The summed E-state index contributed by atoms with van der Waals surface area (Å²) in [5.74, 6) is -1.17. The molecule has 0 atom stereocenters. The lowest BCUT2D eigenvalue weighted by Gasteiger charge is -2.07. The van der Waals surface area contributed by atoms with E-state index >= 15 is 0 Å². The summed E-state index contributed by atoms with van der Waals surface area (Å²) in [4.78, 5) is 21.0. The van der Waals surface area contributed by atoms with Gasteiger partial charge in [0.25, 0.3) is 5.69 Å². The van der Waals surface area contributed by atoms with Gasteiger partial charge in [-0.2, -0.15) is 0 Å². The zero-order chi connectivity index (χ0) is 12.3. The second-order valence-corrected chi connectivity index (χ2v) is 3.20. The normalized spacial score (nSPS) is 9.81. The molecule has 0 heterocycles. The minimum absolute atomic E-state index is 0.0672. The van der Waals surface area contributed by atoms with E-state index in [0.29, 0.717) is 17.5 Å². The standard InChI is InChI=1S/C11H11NO4/c1-3-8-9(7(2)11(13)14)5-4-6-10(8)12(15)16/h4-6H,2-3H2,1H3,(H,13,14). The van der Waals surface area contributed by atoms with Crippen molar-refractivity contribution < 1.29 is 14.8 Å². The molecule has 0 fully saturated rings. The summed E-state index contributed by atoms with van der Waals surface area (Å²) in [6.07, 6.45) is 0.388. The van der Waals surface area contributed by atoms with Gasteiger partial charge in [0.15, 0.2) is 0 Å². The van der Waals surface area contributed by atoms with Crippen LogP contribution in [0.15, 0.2) is 24.8 Å². The molecule has 0 unspecified atom stereocenters. The Kier molecular flexibility index (Phi) is 3.40. The highest BCUT2D eigenvalue weighted by Crippen LogP contribution is 2.27. The quantitative estimate of drug-likeness (QED) is 0.480. The van der Waals surface area contributed by atoms with Crippen LogP contribution in [0, 0.1) is 10.1 Å². The van der Waals surface area contributed by atoms with Crippen LogP contribution in [0.3, 0.4) is 0 Å². The molecule has 0 saturated carbocycles. The lowest BCUT2D eigenvalue weighted by molar-refractivity contribution is -0.385. The first-order chi connectivity index (χ1) is 7.49. The highest BCUT2D eigenvalue weighted by atomic mass is 16.6. The Morgan fingerprint density at radius 3 is 2.62 bits per heavy atom. The number of hydrogen-bond donors (Lipinski definition) is 1. The number of carbonyl (C=O) groups is 1. The van der Waals surface area contributed by atoms with Crippen molar-refractivity contribution in [1.82, 2.24) is 0 Å². The number of aliphatic carboxylic acids is 1. The van der Waals surface area contributed by atoms with Crippen LogP contribution in [0.4, 0.5) is 5.69 Å². The molecule has 16 heavy (non-hydrogen) atoms. The van der Waals surface area contributed by atoms with Crippen molar-refractivity contribution in [3.8, 4) is 0 Å². The molecule has 0 aliphatic carbocycles. The fourth-order valence-corrected chi connectivity index (χ4v) is 1.52. The van der Waals surface area contributed by atoms with Gasteiger partial charge in [0.2, 0.25) is 0 Å². The maximum absolute atomic E-state index is 10.8. The number of nitro benzene ring substituents is 1. The van der Waals surface area contributed by atoms with Crippen LogP contribution in [-0.2, 0) is 11.2 Å². The first kappa shape index (κ1) is 11.9. The first-order valence-corrected chi connectivity index (χ1v) is 4.67. The Hall–Kier alpha value is -2.17. The molecule has 0 spiro atoms. The van der Waals surface area contributed by atoms with Crippen LogP contribution in [-0.4, -0.2) is 16.0 Å². The molecule has 0 aliphatic heterocycles. The van der Waals surface area contributed by atoms with Crippen LogP contribution in [0.5, 0.6) is 0 Å². The lowest BCUT2D eigenvalue weighted by Crippen LogP contribution is -2.04. The van der Waals surface area contributed by atoms with Gasteiger partial charge in [-0.05, 0) is 12.0 Å². The molecule has 0 radical (unpaired) electrons. The number of nitro groups is 1. The summed E-state index contributed by atoms with van der Waals surface area (Å²) < 4.78 is 0. The summed E-state index contributed by atoms with van der Waals surface area (Å²) in [6, 6.07) is 4.35. The molecule has 5 heteroatoms. The second kappa shape index (κ2) is 4.57. The van der Waals surface area contributed by atoms with Crippen molar-refractivity contribution in [2.24, 2.45) is 0 Å². The molecule has 5 nitrogen and oxygen atoms in total. The third kappa shape index (κ3) is 2.08. The number of carboxylic acid groups (broad SMARTS) is 1. The molecule has 1 N–H and O–H groups in total. The average molecular weight is 221 g/mol. The minimum atomic E-state index is -1.17. The molecule has 1 rings (SSSR count). The number of benzene rings is 1. The van der Waals surface area contributed by atoms with Crippen LogP contribution < -0.4 is 0 Å². The SMILES string of the molecule is C=C(C(=O)O)c1cccc([N+](=O)[O-])c1CC. The van der Waals surface area contributed by atoms with E-state index in [-0.39, 0.29) is 11.3 Å². The van der Waals surface area contributed by atoms with Crippen molar-refractivity contribution in [1.29, 1.82) is 0 Å². The van der Waals surface area contributed by atoms with E-state index in [1.165, 1.54) is 18.2 Å². The summed E-state index contributed by atoms with van der Waals surface area (Å²) in [6.45, 7) is 5.15. The number of rotatable bonds is 4. The van der Waals surface area contributed by atoms with E-state index in [1.807, 2.05) is 0 Å². The van der Waals surface area contributed by atoms with Gasteiger partial charge in [0, 0.05) is 11.6 Å². The van der Waals surface area contributed by atoms with Crippen LogP contribution >= 0.6 is 0 Å². The van der Waals surface area contributed by atoms with E-state index in [1.54, 1.807) is 6.92 Å². The lowest BCUT2D eigenvalue weighted by atomic mass is 9.97. The number of carboxylic acids is 1. The third-order valence-electron chi connectivity index (χ3n) is 2.28. The van der Waals surface area contributed by atoms with Gasteiger partial charge in [0.05, 0.1) is 10.5 Å². The Balaban J connectivity index is 3.41. The van der Waals surface area contributed by atoms with Gasteiger partial charge < -0.3 is 5.11 Å². The van der Waals surface area contributed by atoms with Gasteiger partial charge in [-0.3, -0.25) is 10.1 Å². The maximum atomic E-state index is 10.8. The highest BCUT2D eigenvalue weighted by Gasteiger charge is 2.19. The van der Waals surface area contributed by atoms with Crippen LogP contribution in [0.1, 0.15) is 18.1 Å². The van der Waals surface area contributed by atoms with E-state index in [9.17, 15) is 14.9 Å². The molecular formula is C11H11NO4. The van der Waals surface area contributed by atoms with E-state index < -0.39 is 10.9 Å². The van der Waals surface area contributed by atoms with Gasteiger partial charge >= 0.3 is 5.97 Å². The molecule has 0 amide bonds. The third-order valence-corrected chi connectivity index (χ3v) is 2.28. The molecule has 1 aromatic rings. The molecule has 84 valence electrons. The number of hydrogen-bond acceptors (Lipinski definition) is 3. The van der Waals surface area contributed by atoms with Gasteiger partial charge in [-0.25, -0.2) is 4.79 Å². The van der Waals surface area contributed by atoms with Crippen molar-refractivity contribution in [2.45, 2.75) is 13.3 Å². The Labute approximate surface area is 92.2 Å². The summed E-state index contributed by atoms with van der Waals surface area (Å²) in [7, 11) is 0. The maximum Gasteiger partial charge on any atom is 0.335 e. The Morgan fingerprint density at radius 1 is 1.56 bits per heavy atom. The fourth-order valence-electron chi connectivity index (χ4n) is 1.52. The van der Waals surface area contributed by atoms with Gasteiger partial charge in [-0.15, -0.1) is 0 Å². The van der Waals surface area contributed by atoms with Gasteiger partial charge in [0.1, 0.15) is 0 Å². The Morgan fingerprint density at radius 2 is 2.19 bits per heavy atom. The smallest absolute Gasteiger partial charge is 0.335 e. The van der Waals surface area contributed by atoms with E-state index in [0.717, 1.165) is 0 Å². The summed E-state index contributed by atoms with van der Waals surface area (Å²) >= 11 is 0. The summed E-state index contributed by atoms with van der Waals surface area (Å²) in [5, 5.41) is 19.6. The van der Waals surface area contributed by atoms with E-state index in [4.69, 9.17) is 5.11 Å². The monoisotopic (exact) mass is 221 g/mol. The molecule has 0 aromatic heterocycles. The molecule has 0 saturated heterocycles. The summed E-state index contributed by atoms with van der Waals surface area (Å²) in [5.41, 5.74) is 0.534. The predicted molar refractivity (Wildman–Crippen MR) is 59.1 cm³/mol. The predicted octanol–water partition coefficient (Wildman–Crippen LogP) is 2.25. The fraction of sp³-hybridized carbons (Fsp3) is 0.182. The molecule has 0 aliphatic rings. The van der Waals surface area contributed by atoms with Crippen LogP contribution in [0.25, 0.3) is 5.57 Å². The van der Waals surface area contributed by atoms with Crippen LogP contribution in [0.2, 0.25) is 0 Å². The van der Waals surface area contributed by atoms with Crippen molar-refractivity contribution in [2.75, 3.05) is 0 Å². The topological polar surface area (TPSA) is 80.4 Å².